The minimum absolute atomic E-state index is 0.405. The van der Waals surface area contributed by atoms with E-state index in [1.54, 1.807) is 18.2 Å². The molecular formula is C13H15N3O3. The second kappa shape index (κ2) is 7.79. The van der Waals surface area contributed by atoms with Gasteiger partial charge in [-0.05, 0) is 24.1 Å². The number of hydrogen-bond donors (Lipinski definition) is 0. The number of carbonyl (C=O) groups excluding carboxylic acids is 1. The second-order valence-corrected chi connectivity index (χ2v) is 3.59. The second-order valence-electron chi connectivity index (χ2n) is 3.59. The smallest absolute Gasteiger partial charge is 0.337 e. The van der Waals surface area contributed by atoms with Gasteiger partial charge in [-0.15, -0.1) is 0 Å². The van der Waals surface area contributed by atoms with Gasteiger partial charge in [-0.2, -0.15) is 0 Å². The molecule has 0 N–H and O–H groups in total. The van der Waals surface area contributed by atoms with Crippen LogP contribution in [0.1, 0.15) is 22.3 Å². The van der Waals surface area contributed by atoms with Gasteiger partial charge in [0.1, 0.15) is 5.75 Å². The highest BCUT2D eigenvalue weighted by Gasteiger charge is 2.08. The highest BCUT2D eigenvalue weighted by Crippen LogP contribution is 2.22. The van der Waals surface area contributed by atoms with Crippen LogP contribution in [-0.4, -0.2) is 26.7 Å². The van der Waals surface area contributed by atoms with E-state index in [1.165, 1.54) is 14.2 Å². The Kier molecular flexibility index (Phi) is 5.98. The standard InChI is InChI=1S/C13H15N3O3/c1-18-12-9-11(13(17)19-2)7-6-10(12)5-3-4-8-15-16-14/h3,5-7,9H,4,8H2,1-2H3. The molecular weight excluding hydrogens is 246 g/mol. The molecule has 0 saturated heterocycles. The van der Waals surface area contributed by atoms with E-state index in [-0.39, 0.29) is 0 Å². The maximum absolute atomic E-state index is 11.4. The van der Waals surface area contributed by atoms with E-state index in [1.807, 2.05) is 12.2 Å². The van der Waals surface area contributed by atoms with Crippen LogP contribution in [-0.2, 0) is 4.74 Å². The lowest BCUT2D eigenvalue weighted by atomic mass is 10.1. The maximum atomic E-state index is 11.4. The fourth-order valence-electron chi connectivity index (χ4n) is 1.48. The number of ether oxygens (including phenoxy) is 2. The first-order chi connectivity index (χ1) is 9.22. The van der Waals surface area contributed by atoms with Gasteiger partial charge < -0.3 is 9.47 Å². The molecule has 1 aromatic carbocycles. The molecule has 0 saturated carbocycles. The summed E-state index contributed by atoms with van der Waals surface area (Å²) < 4.78 is 9.86. The van der Waals surface area contributed by atoms with E-state index in [0.717, 1.165) is 5.56 Å². The molecule has 0 unspecified atom stereocenters. The molecule has 100 valence electrons. The Morgan fingerprint density at radius 3 is 2.89 bits per heavy atom. The minimum Gasteiger partial charge on any atom is -0.496 e. The van der Waals surface area contributed by atoms with E-state index in [2.05, 4.69) is 14.8 Å². The first-order valence-corrected chi connectivity index (χ1v) is 5.66. The summed E-state index contributed by atoms with van der Waals surface area (Å²) in [6, 6.07) is 5.07. The zero-order valence-electron chi connectivity index (χ0n) is 10.9. The lowest BCUT2D eigenvalue weighted by molar-refractivity contribution is 0.0600. The first-order valence-electron chi connectivity index (χ1n) is 5.66. The summed E-state index contributed by atoms with van der Waals surface area (Å²) in [4.78, 5) is 14.1. The molecule has 19 heavy (non-hydrogen) atoms. The summed E-state index contributed by atoms with van der Waals surface area (Å²) in [5, 5.41) is 3.43. The minimum atomic E-state index is -0.405. The largest absolute Gasteiger partial charge is 0.496 e. The average molecular weight is 261 g/mol. The summed E-state index contributed by atoms with van der Waals surface area (Å²) in [5.41, 5.74) is 9.42. The Balaban J connectivity index is 2.84. The van der Waals surface area contributed by atoms with Crippen molar-refractivity contribution < 1.29 is 14.3 Å². The number of benzene rings is 1. The zero-order valence-corrected chi connectivity index (χ0v) is 10.9. The van der Waals surface area contributed by atoms with Crippen LogP contribution in [0.2, 0.25) is 0 Å². The van der Waals surface area contributed by atoms with E-state index < -0.39 is 5.97 Å². The van der Waals surface area contributed by atoms with Gasteiger partial charge in [0.25, 0.3) is 0 Å². The van der Waals surface area contributed by atoms with Gasteiger partial charge in [0.2, 0.25) is 0 Å². The van der Waals surface area contributed by atoms with Crippen molar-refractivity contribution in [3.63, 3.8) is 0 Å². The Hall–Kier alpha value is -2.46. The predicted octanol–water partition coefficient (Wildman–Crippen LogP) is 3.20. The summed E-state index contributed by atoms with van der Waals surface area (Å²) in [6.07, 6.45) is 4.38. The van der Waals surface area contributed by atoms with Crippen molar-refractivity contribution in [1.29, 1.82) is 0 Å². The van der Waals surface area contributed by atoms with E-state index in [0.29, 0.717) is 24.3 Å². The molecule has 0 aliphatic rings. The molecule has 0 atom stereocenters. The van der Waals surface area contributed by atoms with Crippen molar-refractivity contribution in [3.8, 4) is 5.75 Å². The van der Waals surface area contributed by atoms with Crippen LogP contribution in [0.25, 0.3) is 16.5 Å². The number of azide groups is 1. The number of rotatable bonds is 6. The molecule has 0 amide bonds. The van der Waals surface area contributed by atoms with Crippen LogP contribution in [0.4, 0.5) is 0 Å². The lowest BCUT2D eigenvalue weighted by Gasteiger charge is -2.07. The van der Waals surface area contributed by atoms with Crippen LogP contribution >= 0.6 is 0 Å². The van der Waals surface area contributed by atoms with Crippen LogP contribution in [0, 0.1) is 0 Å². The number of methoxy groups -OCH3 is 2. The van der Waals surface area contributed by atoms with Crippen molar-refractivity contribution in [2.75, 3.05) is 20.8 Å². The first kappa shape index (κ1) is 14.6. The van der Waals surface area contributed by atoms with Crippen molar-refractivity contribution in [2.24, 2.45) is 5.11 Å². The molecule has 1 aromatic rings. The highest BCUT2D eigenvalue weighted by atomic mass is 16.5. The van der Waals surface area contributed by atoms with Gasteiger partial charge in [-0.25, -0.2) is 4.79 Å². The Morgan fingerprint density at radius 1 is 1.47 bits per heavy atom. The third-order valence-corrected chi connectivity index (χ3v) is 2.41. The van der Waals surface area contributed by atoms with Crippen LogP contribution in [0.5, 0.6) is 5.75 Å². The normalized spacial score (nSPS) is 10.0. The van der Waals surface area contributed by atoms with Crippen molar-refractivity contribution in [1.82, 2.24) is 0 Å². The third-order valence-electron chi connectivity index (χ3n) is 2.41. The number of carbonyl (C=O) groups is 1. The molecule has 1 rings (SSSR count). The zero-order chi connectivity index (χ0) is 14.1. The lowest BCUT2D eigenvalue weighted by Crippen LogP contribution is -2.01. The third kappa shape index (κ3) is 4.37. The summed E-state index contributed by atoms with van der Waals surface area (Å²) in [6.45, 7) is 0.412. The van der Waals surface area contributed by atoms with Gasteiger partial charge in [0.15, 0.2) is 0 Å². The molecule has 0 fully saturated rings. The number of nitrogens with zero attached hydrogens (tertiary/aromatic N) is 3. The van der Waals surface area contributed by atoms with Crippen LogP contribution in [0.3, 0.4) is 0 Å². The highest BCUT2D eigenvalue weighted by molar-refractivity contribution is 5.90. The topological polar surface area (TPSA) is 84.3 Å². The summed E-state index contributed by atoms with van der Waals surface area (Å²) in [5.74, 6) is 0.181. The van der Waals surface area contributed by atoms with Gasteiger partial charge in [-0.3, -0.25) is 0 Å². The predicted molar refractivity (Wildman–Crippen MR) is 72.0 cm³/mol. The van der Waals surface area contributed by atoms with Gasteiger partial charge >= 0.3 is 5.97 Å². The van der Waals surface area contributed by atoms with Gasteiger partial charge in [0, 0.05) is 17.0 Å². The quantitative estimate of drug-likeness (QED) is 0.259. The molecule has 0 spiro atoms. The fraction of sp³-hybridized carbons (Fsp3) is 0.308. The molecule has 0 aromatic heterocycles. The Labute approximate surface area is 111 Å². The average Bonchev–Trinajstić information content (AvgIpc) is 2.46. The van der Waals surface area contributed by atoms with Gasteiger partial charge in [0.05, 0.1) is 19.8 Å². The Morgan fingerprint density at radius 2 is 2.26 bits per heavy atom. The monoisotopic (exact) mass is 261 g/mol. The Bertz CT molecular complexity index is 520. The molecule has 6 heteroatoms. The van der Waals surface area contributed by atoms with E-state index in [4.69, 9.17) is 10.3 Å². The van der Waals surface area contributed by atoms with E-state index in [9.17, 15) is 4.79 Å². The van der Waals surface area contributed by atoms with Crippen molar-refractivity contribution in [2.45, 2.75) is 6.42 Å². The summed E-state index contributed by atoms with van der Waals surface area (Å²) >= 11 is 0. The van der Waals surface area contributed by atoms with Crippen LogP contribution < -0.4 is 4.74 Å². The molecule has 0 heterocycles. The number of hydrogen-bond acceptors (Lipinski definition) is 4. The van der Waals surface area contributed by atoms with Gasteiger partial charge in [-0.1, -0.05) is 23.3 Å². The maximum Gasteiger partial charge on any atom is 0.337 e. The SMILES string of the molecule is COC(=O)c1ccc(C=CCCN=[N+]=[N-])c(OC)c1. The van der Waals surface area contributed by atoms with E-state index >= 15 is 0 Å². The van der Waals surface area contributed by atoms with Crippen molar-refractivity contribution >= 4 is 12.0 Å². The summed E-state index contributed by atoms with van der Waals surface area (Å²) in [7, 11) is 2.87. The van der Waals surface area contributed by atoms with Crippen LogP contribution in [0.15, 0.2) is 29.4 Å². The molecule has 0 bridgehead atoms. The number of esters is 1. The molecule has 6 nitrogen and oxygen atoms in total. The molecule has 0 aliphatic carbocycles. The molecule has 0 radical (unpaired) electrons. The van der Waals surface area contributed by atoms with Crippen molar-refractivity contribution in [3.05, 3.63) is 45.8 Å². The molecule has 0 aliphatic heterocycles. The fourth-order valence-corrected chi connectivity index (χ4v) is 1.48.